The predicted molar refractivity (Wildman–Crippen MR) is 80.1 cm³/mol. The fourth-order valence-corrected chi connectivity index (χ4v) is 2.25. The summed E-state index contributed by atoms with van der Waals surface area (Å²) < 4.78 is 32.9. The molecule has 0 aliphatic heterocycles. The van der Waals surface area contributed by atoms with Crippen molar-refractivity contribution >= 4 is 22.7 Å². The second-order valence-electron chi connectivity index (χ2n) is 4.89. The van der Waals surface area contributed by atoms with Crippen LogP contribution in [0.2, 0.25) is 0 Å². The van der Waals surface area contributed by atoms with Crippen LogP contribution in [-0.4, -0.2) is 10.5 Å². The number of nitrogens with zero attached hydrogens (tertiary/aromatic N) is 1. The van der Waals surface area contributed by atoms with Crippen LogP contribution in [0.25, 0.3) is 11.1 Å². The van der Waals surface area contributed by atoms with E-state index in [-0.39, 0.29) is 18.7 Å². The third kappa shape index (κ3) is 2.98. The molecule has 0 radical (unpaired) electrons. The van der Waals surface area contributed by atoms with Gasteiger partial charge >= 0.3 is 5.76 Å². The summed E-state index contributed by atoms with van der Waals surface area (Å²) in [5, 5.41) is 2.28. The van der Waals surface area contributed by atoms with Crippen LogP contribution in [-0.2, 0) is 11.3 Å². The largest absolute Gasteiger partial charge is 0.419 e. The number of fused-ring (bicyclic) bond motifs is 1. The van der Waals surface area contributed by atoms with E-state index in [4.69, 9.17) is 4.42 Å². The van der Waals surface area contributed by atoms with Crippen molar-refractivity contribution in [2.45, 2.75) is 13.0 Å². The predicted octanol–water partition coefficient (Wildman–Crippen LogP) is 2.90. The molecule has 2 aromatic carbocycles. The number of rotatable bonds is 4. The fourth-order valence-electron chi connectivity index (χ4n) is 2.25. The van der Waals surface area contributed by atoms with Gasteiger partial charge < -0.3 is 9.73 Å². The van der Waals surface area contributed by atoms with E-state index in [0.717, 1.165) is 6.07 Å². The summed E-state index contributed by atoms with van der Waals surface area (Å²) >= 11 is 0. The first-order valence-electron chi connectivity index (χ1n) is 6.88. The third-order valence-corrected chi connectivity index (χ3v) is 3.36. The SMILES string of the molecule is O=C(CCn1c(=O)oc2ccccc21)Nc1cccc(F)c1F. The van der Waals surface area contributed by atoms with E-state index < -0.39 is 23.3 Å². The summed E-state index contributed by atoms with van der Waals surface area (Å²) in [6.45, 7) is 0.0681. The van der Waals surface area contributed by atoms with Crippen molar-refractivity contribution in [1.29, 1.82) is 0 Å². The normalized spacial score (nSPS) is 10.9. The van der Waals surface area contributed by atoms with Crippen molar-refractivity contribution in [1.82, 2.24) is 4.57 Å². The Bertz CT molecular complexity index is 930. The number of oxazole rings is 1. The highest BCUT2D eigenvalue weighted by atomic mass is 19.2. The van der Waals surface area contributed by atoms with Crippen molar-refractivity contribution < 1.29 is 18.0 Å². The maximum Gasteiger partial charge on any atom is 0.419 e. The Hall–Kier alpha value is -2.96. The molecule has 1 aromatic heterocycles. The topological polar surface area (TPSA) is 64.2 Å². The lowest BCUT2D eigenvalue weighted by atomic mass is 10.2. The van der Waals surface area contributed by atoms with E-state index in [1.807, 2.05) is 0 Å². The first kappa shape index (κ1) is 15.0. The zero-order valence-corrected chi connectivity index (χ0v) is 11.9. The van der Waals surface area contributed by atoms with E-state index in [2.05, 4.69) is 5.32 Å². The maximum atomic E-state index is 13.5. The number of aromatic nitrogens is 1. The molecule has 118 valence electrons. The molecule has 0 aliphatic rings. The number of aryl methyl sites for hydroxylation is 1. The number of hydrogen-bond donors (Lipinski definition) is 1. The Balaban J connectivity index is 1.72. The van der Waals surface area contributed by atoms with Crippen molar-refractivity contribution in [3.8, 4) is 0 Å². The average molecular weight is 318 g/mol. The Morgan fingerprint density at radius 3 is 2.74 bits per heavy atom. The van der Waals surface area contributed by atoms with Gasteiger partial charge in [-0.1, -0.05) is 18.2 Å². The molecule has 0 bridgehead atoms. The smallest absolute Gasteiger partial charge is 0.408 e. The number of anilines is 1. The summed E-state index contributed by atoms with van der Waals surface area (Å²) in [6, 6.07) is 10.3. The molecule has 1 heterocycles. The molecule has 23 heavy (non-hydrogen) atoms. The van der Waals surface area contributed by atoms with Gasteiger partial charge in [0.2, 0.25) is 5.91 Å². The molecule has 0 atom stereocenters. The zero-order chi connectivity index (χ0) is 16.4. The molecule has 3 aromatic rings. The molecule has 3 rings (SSSR count). The van der Waals surface area contributed by atoms with Gasteiger partial charge in [-0.25, -0.2) is 13.6 Å². The Labute approximate surface area is 129 Å². The number of benzene rings is 2. The highest BCUT2D eigenvalue weighted by Crippen LogP contribution is 2.17. The van der Waals surface area contributed by atoms with Crippen molar-refractivity contribution in [2.75, 3.05) is 5.32 Å². The van der Waals surface area contributed by atoms with Gasteiger partial charge in [0.1, 0.15) is 0 Å². The van der Waals surface area contributed by atoms with Gasteiger partial charge in [0.25, 0.3) is 0 Å². The molecule has 0 saturated heterocycles. The number of halogens is 2. The van der Waals surface area contributed by atoms with Crippen molar-refractivity contribution in [3.63, 3.8) is 0 Å². The number of hydrogen-bond acceptors (Lipinski definition) is 3. The summed E-state index contributed by atoms with van der Waals surface area (Å²) in [6.07, 6.45) is -0.0839. The Morgan fingerprint density at radius 1 is 1.13 bits per heavy atom. The third-order valence-electron chi connectivity index (χ3n) is 3.36. The van der Waals surface area contributed by atoms with Crippen LogP contribution in [0.4, 0.5) is 14.5 Å². The summed E-state index contributed by atoms with van der Waals surface area (Å²) in [5.41, 5.74) is 0.760. The van der Waals surface area contributed by atoms with E-state index in [1.54, 1.807) is 24.3 Å². The van der Waals surface area contributed by atoms with Gasteiger partial charge in [0.05, 0.1) is 11.2 Å². The van der Waals surface area contributed by atoms with Gasteiger partial charge in [0, 0.05) is 13.0 Å². The summed E-state index contributed by atoms with van der Waals surface area (Å²) in [7, 11) is 0. The molecule has 7 heteroatoms. The standard InChI is InChI=1S/C16H12F2N2O3/c17-10-4-3-5-11(15(10)18)19-14(21)8-9-20-12-6-1-2-7-13(12)23-16(20)22/h1-7H,8-9H2,(H,19,21). The lowest BCUT2D eigenvalue weighted by Crippen LogP contribution is -2.20. The summed E-state index contributed by atoms with van der Waals surface area (Å²) in [4.78, 5) is 23.6. The molecule has 0 saturated carbocycles. The number of carbonyl (C=O) groups excluding carboxylic acids is 1. The molecule has 0 unspecified atom stereocenters. The van der Waals surface area contributed by atoms with Gasteiger partial charge in [0.15, 0.2) is 17.2 Å². The molecule has 0 fully saturated rings. The number of carbonyl (C=O) groups is 1. The molecule has 1 N–H and O–H groups in total. The van der Waals surface area contributed by atoms with Crippen LogP contribution in [0.15, 0.2) is 51.7 Å². The second-order valence-corrected chi connectivity index (χ2v) is 4.89. The van der Waals surface area contributed by atoms with Crippen LogP contribution in [0.3, 0.4) is 0 Å². The van der Waals surface area contributed by atoms with E-state index in [1.165, 1.54) is 16.7 Å². The van der Waals surface area contributed by atoms with Gasteiger partial charge in [-0.15, -0.1) is 0 Å². The first-order chi connectivity index (χ1) is 11.1. The quantitative estimate of drug-likeness (QED) is 0.804. The van der Waals surface area contributed by atoms with Gasteiger partial charge in [-0.2, -0.15) is 0 Å². The minimum atomic E-state index is -1.12. The fraction of sp³-hybridized carbons (Fsp3) is 0.125. The van der Waals surface area contributed by atoms with Crippen molar-refractivity contribution in [2.24, 2.45) is 0 Å². The molecule has 0 aliphatic carbocycles. The molecule has 1 amide bonds. The van der Waals surface area contributed by atoms with Crippen LogP contribution < -0.4 is 11.1 Å². The van der Waals surface area contributed by atoms with E-state index in [9.17, 15) is 18.4 Å². The van der Waals surface area contributed by atoms with Crippen molar-refractivity contribution in [3.05, 3.63) is 64.6 Å². The Morgan fingerprint density at radius 2 is 1.91 bits per heavy atom. The molecule has 5 nitrogen and oxygen atoms in total. The minimum absolute atomic E-state index is 0.0681. The highest BCUT2D eigenvalue weighted by molar-refractivity contribution is 5.90. The number of amides is 1. The van der Waals surface area contributed by atoms with Crippen LogP contribution in [0, 0.1) is 11.6 Å². The number of nitrogens with one attached hydrogen (secondary N) is 1. The average Bonchev–Trinajstić information content (AvgIpc) is 2.85. The van der Waals surface area contributed by atoms with Gasteiger partial charge in [-0.3, -0.25) is 9.36 Å². The zero-order valence-electron chi connectivity index (χ0n) is 11.9. The Kier molecular flexibility index (Phi) is 3.92. The monoisotopic (exact) mass is 318 g/mol. The molecular weight excluding hydrogens is 306 g/mol. The van der Waals surface area contributed by atoms with E-state index >= 15 is 0 Å². The van der Waals surface area contributed by atoms with Gasteiger partial charge in [-0.05, 0) is 24.3 Å². The van der Waals surface area contributed by atoms with Crippen LogP contribution in [0.5, 0.6) is 0 Å². The van der Waals surface area contributed by atoms with Crippen LogP contribution >= 0.6 is 0 Å². The second kappa shape index (κ2) is 6.04. The first-order valence-corrected chi connectivity index (χ1v) is 6.88. The van der Waals surface area contributed by atoms with Crippen LogP contribution in [0.1, 0.15) is 6.42 Å². The minimum Gasteiger partial charge on any atom is -0.408 e. The lowest BCUT2D eigenvalue weighted by molar-refractivity contribution is -0.116. The highest BCUT2D eigenvalue weighted by Gasteiger charge is 2.13. The number of para-hydroxylation sites is 2. The molecule has 0 spiro atoms. The lowest BCUT2D eigenvalue weighted by Gasteiger charge is -2.07. The maximum absolute atomic E-state index is 13.5. The van der Waals surface area contributed by atoms with E-state index in [0.29, 0.717) is 11.1 Å². The molecular formula is C16H12F2N2O3. The summed E-state index contributed by atoms with van der Waals surface area (Å²) in [5.74, 6) is -3.27.